The molecule has 0 saturated carbocycles. The third-order valence-corrected chi connectivity index (χ3v) is 3.70. The normalized spacial score (nSPS) is 11.1. The predicted octanol–water partition coefficient (Wildman–Crippen LogP) is 5.24. The summed E-state index contributed by atoms with van der Waals surface area (Å²) in [5, 5.41) is 5.94. The zero-order valence-electron chi connectivity index (χ0n) is 11.6. The zero-order valence-corrected chi connectivity index (χ0v) is 13.2. The summed E-state index contributed by atoms with van der Waals surface area (Å²) in [7, 11) is 0. The molecule has 0 heterocycles. The van der Waals surface area contributed by atoms with E-state index in [1.807, 2.05) is 30.5 Å². The van der Waals surface area contributed by atoms with Crippen LogP contribution in [0.3, 0.4) is 0 Å². The monoisotopic (exact) mass is 342 g/mol. The lowest BCUT2D eigenvalue weighted by molar-refractivity contribution is -0.137. The number of rotatable bonds is 3. The third kappa shape index (κ3) is 4.64. The highest BCUT2D eigenvalue weighted by atomic mass is 32.2. The molecule has 0 bridgehead atoms. The number of halogens is 3. The molecule has 0 saturated heterocycles. The van der Waals surface area contributed by atoms with Crippen LogP contribution < -0.4 is 10.6 Å². The first kappa shape index (κ1) is 16.6. The van der Waals surface area contributed by atoms with E-state index in [1.54, 1.807) is 11.8 Å². The van der Waals surface area contributed by atoms with Gasteiger partial charge >= 0.3 is 6.18 Å². The van der Waals surface area contributed by atoms with Crippen LogP contribution in [0.5, 0.6) is 0 Å². The van der Waals surface area contributed by atoms with Gasteiger partial charge in [0.15, 0.2) is 5.11 Å². The smallest absolute Gasteiger partial charge is 0.332 e. The van der Waals surface area contributed by atoms with Gasteiger partial charge in [0.25, 0.3) is 0 Å². The van der Waals surface area contributed by atoms with Crippen LogP contribution in [0.15, 0.2) is 53.4 Å². The number of thioether (sulfide) groups is 1. The first-order chi connectivity index (χ1) is 10.4. The molecule has 2 N–H and O–H groups in total. The summed E-state index contributed by atoms with van der Waals surface area (Å²) in [4.78, 5) is 1.06. The summed E-state index contributed by atoms with van der Waals surface area (Å²) in [5.41, 5.74) is 0.342. The Morgan fingerprint density at radius 1 is 1.00 bits per heavy atom. The number of thiocarbonyl (C=S) groups is 1. The third-order valence-electron chi connectivity index (χ3n) is 2.78. The second-order valence-electron chi connectivity index (χ2n) is 4.39. The highest BCUT2D eigenvalue weighted by Gasteiger charge is 2.30. The lowest BCUT2D eigenvalue weighted by atomic mass is 10.2. The van der Waals surface area contributed by atoms with Crippen molar-refractivity contribution in [1.29, 1.82) is 0 Å². The maximum atomic E-state index is 12.7. The van der Waals surface area contributed by atoms with Crippen molar-refractivity contribution in [1.82, 2.24) is 0 Å². The highest BCUT2D eigenvalue weighted by Crippen LogP contribution is 2.30. The largest absolute Gasteiger partial charge is 0.416 e. The fourth-order valence-corrected chi connectivity index (χ4v) is 2.46. The van der Waals surface area contributed by atoms with Crippen LogP contribution in [0.1, 0.15) is 5.56 Å². The molecular weight excluding hydrogens is 329 g/mol. The number of hydrogen-bond donors (Lipinski definition) is 2. The van der Waals surface area contributed by atoms with E-state index in [9.17, 15) is 13.2 Å². The van der Waals surface area contributed by atoms with Crippen LogP contribution in [-0.4, -0.2) is 11.4 Å². The van der Waals surface area contributed by atoms with Gasteiger partial charge < -0.3 is 10.6 Å². The van der Waals surface area contributed by atoms with Gasteiger partial charge in [-0.05, 0) is 54.9 Å². The van der Waals surface area contributed by atoms with Crippen molar-refractivity contribution in [3.63, 3.8) is 0 Å². The molecule has 0 aliphatic rings. The van der Waals surface area contributed by atoms with E-state index < -0.39 is 11.7 Å². The average Bonchev–Trinajstić information content (AvgIpc) is 2.46. The molecule has 2 aromatic rings. The molecule has 0 aliphatic heterocycles. The summed E-state index contributed by atoms with van der Waals surface area (Å²) in [6.45, 7) is 0. The number of anilines is 2. The Bertz CT molecular complexity index is 672. The van der Waals surface area contributed by atoms with Gasteiger partial charge in [-0.25, -0.2) is 0 Å². The lowest BCUT2D eigenvalue weighted by Crippen LogP contribution is -2.19. The van der Waals surface area contributed by atoms with E-state index in [0.717, 1.165) is 22.7 Å². The van der Waals surface area contributed by atoms with Gasteiger partial charge in [-0.1, -0.05) is 12.1 Å². The Labute approximate surface area is 136 Å². The highest BCUT2D eigenvalue weighted by molar-refractivity contribution is 7.98. The maximum absolute atomic E-state index is 12.7. The summed E-state index contributed by atoms with van der Waals surface area (Å²) in [6.07, 6.45) is -2.42. The molecule has 2 nitrogen and oxygen atoms in total. The number of hydrogen-bond acceptors (Lipinski definition) is 2. The van der Waals surface area contributed by atoms with E-state index in [0.29, 0.717) is 0 Å². The second-order valence-corrected chi connectivity index (χ2v) is 5.68. The summed E-state index contributed by atoms with van der Waals surface area (Å²) in [6, 6.07) is 12.5. The zero-order chi connectivity index (χ0) is 16.2. The lowest BCUT2D eigenvalue weighted by Gasteiger charge is -2.13. The van der Waals surface area contributed by atoms with Crippen LogP contribution >= 0.6 is 24.0 Å². The minimum Gasteiger partial charge on any atom is -0.332 e. The Hall–Kier alpha value is -1.73. The van der Waals surface area contributed by atoms with E-state index in [-0.39, 0.29) is 10.8 Å². The van der Waals surface area contributed by atoms with Gasteiger partial charge in [0.05, 0.1) is 5.56 Å². The van der Waals surface area contributed by atoms with Crippen LogP contribution in [0.2, 0.25) is 0 Å². The van der Waals surface area contributed by atoms with Gasteiger partial charge in [-0.3, -0.25) is 0 Å². The molecule has 0 atom stereocenters. The van der Waals surface area contributed by atoms with Gasteiger partial charge in [0.2, 0.25) is 0 Å². The van der Waals surface area contributed by atoms with E-state index in [4.69, 9.17) is 12.2 Å². The molecule has 22 heavy (non-hydrogen) atoms. The Kier molecular flexibility index (Phi) is 5.31. The minimum atomic E-state index is -4.38. The van der Waals surface area contributed by atoms with Crippen LogP contribution in [0, 0.1) is 0 Å². The minimum absolute atomic E-state index is 0.234. The van der Waals surface area contributed by atoms with Crippen molar-refractivity contribution < 1.29 is 13.2 Å². The molecule has 7 heteroatoms. The number of nitrogens with one attached hydrogen (secondary N) is 2. The molecule has 0 aromatic heterocycles. The summed E-state index contributed by atoms with van der Waals surface area (Å²) < 4.78 is 38.0. The Morgan fingerprint density at radius 3 is 2.18 bits per heavy atom. The fraction of sp³-hybridized carbons (Fsp3) is 0.133. The van der Waals surface area contributed by atoms with Gasteiger partial charge in [-0.15, -0.1) is 11.8 Å². The second kappa shape index (κ2) is 7.02. The molecule has 0 amide bonds. The molecule has 2 aromatic carbocycles. The van der Waals surface area contributed by atoms with E-state index in [2.05, 4.69) is 10.6 Å². The van der Waals surface area contributed by atoms with Crippen molar-refractivity contribution >= 4 is 40.5 Å². The Morgan fingerprint density at radius 2 is 1.59 bits per heavy atom. The van der Waals surface area contributed by atoms with Crippen LogP contribution in [0.25, 0.3) is 0 Å². The fourth-order valence-electron chi connectivity index (χ4n) is 1.77. The van der Waals surface area contributed by atoms with Crippen molar-refractivity contribution in [2.24, 2.45) is 0 Å². The average molecular weight is 342 g/mol. The molecule has 0 radical (unpaired) electrons. The molecule has 116 valence electrons. The summed E-state index contributed by atoms with van der Waals surface area (Å²) in [5.74, 6) is 0. The quantitative estimate of drug-likeness (QED) is 0.589. The van der Waals surface area contributed by atoms with Gasteiger partial charge in [0.1, 0.15) is 0 Å². The molecule has 0 unspecified atom stereocenters. The first-order valence-electron chi connectivity index (χ1n) is 6.28. The van der Waals surface area contributed by atoms with Crippen molar-refractivity contribution in [2.45, 2.75) is 11.1 Å². The van der Waals surface area contributed by atoms with Gasteiger partial charge in [0, 0.05) is 16.3 Å². The van der Waals surface area contributed by atoms with Crippen molar-refractivity contribution in [3.05, 3.63) is 54.1 Å². The molecule has 2 rings (SSSR count). The van der Waals surface area contributed by atoms with Crippen molar-refractivity contribution in [2.75, 3.05) is 16.9 Å². The number of alkyl halides is 3. The molecule has 0 spiro atoms. The maximum Gasteiger partial charge on any atom is 0.416 e. The molecular formula is C15H13F3N2S2. The van der Waals surface area contributed by atoms with Gasteiger partial charge in [-0.2, -0.15) is 13.2 Å². The van der Waals surface area contributed by atoms with Crippen LogP contribution in [0.4, 0.5) is 24.5 Å². The topological polar surface area (TPSA) is 24.1 Å². The van der Waals surface area contributed by atoms with Crippen molar-refractivity contribution in [3.8, 4) is 0 Å². The molecule has 0 aliphatic carbocycles. The Balaban J connectivity index is 2.06. The summed E-state index contributed by atoms with van der Waals surface area (Å²) >= 11 is 6.71. The predicted molar refractivity (Wildman–Crippen MR) is 89.5 cm³/mol. The SMILES string of the molecule is CSc1cccc(NC(=S)Nc2cccc(C(F)(F)F)c2)c1. The first-order valence-corrected chi connectivity index (χ1v) is 7.91. The van der Waals surface area contributed by atoms with Crippen LogP contribution in [-0.2, 0) is 6.18 Å². The van der Waals surface area contributed by atoms with E-state index >= 15 is 0 Å². The van der Waals surface area contributed by atoms with E-state index in [1.165, 1.54) is 12.1 Å². The standard InChI is InChI=1S/C15H13F3N2S2/c1-22-13-7-3-6-12(9-13)20-14(21)19-11-5-2-4-10(8-11)15(16,17)18/h2-9H,1H3,(H2,19,20,21). The number of benzene rings is 2. The molecule has 0 fully saturated rings.